The van der Waals surface area contributed by atoms with Crippen LogP contribution in [0.3, 0.4) is 0 Å². The fourth-order valence-electron chi connectivity index (χ4n) is 2.10. The number of halogens is 1. The molecule has 0 radical (unpaired) electrons. The van der Waals surface area contributed by atoms with Gasteiger partial charge in [-0.05, 0) is 18.9 Å². The standard InChI is InChI=1S/C15H24ClN3O/c1-4-6-8-12(7-5-2)19-15(20)11-9-13(16)14(17-3)18-10-11/h9-10,12H,4-8H2,1-3H3,(H,17,18)(H,19,20). The third-order valence-corrected chi connectivity index (χ3v) is 3.51. The van der Waals surface area contributed by atoms with Crippen molar-refractivity contribution < 1.29 is 4.79 Å². The summed E-state index contributed by atoms with van der Waals surface area (Å²) in [6.07, 6.45) is 6.90. The molecule has 112 valence electrons. The molecule has 2 N–H and O–H groups in total. The Bertz CT molecular complexity index is 437. The van der Waals surface area contributed by atoms with Crippen LogP contribution in [0.4, 0.5) is 5.82 Å². The SMILES string of the molecule is CCCCC(CCC)NC(=O)c1cnc(NC)c(Cl)c1. The third kappa shape index (κ3) is 5.00. The van der Waals surface area contributed by atoms with E-state index in [2.05, 4.69) is 29.5 Å². The molecule has 1 heterocycles. The lowest BCUT2D eigenvalue weighted by atomic mass is 10.0. The summed E-state index contributed by atoms with van der Waals surface area (Å²) in [6.45, 7) is 4.29. The Morgan fingerprint density at radius 3 is 2.65 bits per heavy atom. The highest BCUT2D eigenvalue weighted by Crippen LogP contribution is 2.19. The molecular weight excluding hydrogens is 274 g/mol. The summed E-state index contributed by atoms with van der Waals surface area (Å²) in [5.74, 6) is 0.482. The Kier molecular flexibility index (Phi) is 7.37. The van der Waals surface area contributed by atoms with E-state index >= 15 is 0 Å². The van der Waals surface area contributed by atoms with E-state index in [0.717, 1.165) is 32.1 Å². The third-order valence-electron chi connectivity index (χ3n) is 3.22. The van der Waals surface area contributed by atoms with E-state index in [4.69, 9.17) is 11.6 Å². The van der Waals surface area contributed by atoms with Gasteiger partial charge < -0.3 is 10.6 Å². The summed E-state index contributed by atoms with van der Waals surface area (Å²) in [5, 5.41) is 6.41. The molecule has 0 spiro atoms. The van der Waals surface area contributed by atoms with Gasteiger partial charge in [0.15, 0.2) is 0 Å². The van der Waals surface area contributed by atoms with Gasteiger partial charge in [-0.25, -0.2) is 4.98 Å². The molecule has 1 atom stereocenters. The molecule has 0 fully saturated rings. The highest BCUT2D eigenvalue weighted by Gasteiger charge is 2.14. The number of amides is 1. The minimum absolute atomic E-state index is 0.100. The predicted molar refractivity (Wildman–Crippen MR) is 84.5 cm³/mol. The maximum atomic E-state index is 12.2. The Morgan fingerprint density at radius 1 is 1.35 bits per heavy atom. The van der Waals surface area contributed by atoms with Crippen molar-refractivity contribution in [1.29, 1.82) is 0 Å². The molecule has 20 heavy (non-hydrogen) atoms. The molecule has 0 aromatic carbocycles. The van der Waals surface area contributed by atoms with Crippen molar-refractivity contribution in [3.63, 3.8) is 0 Å². The Labute approximate surface area is 126 Å². The van der Waals surface area contributed by atoms with E-state index in [-0.39, 0.29) is 11.9 Å². The van der Waals surface area contributed by atoms with Crippen molar-refractivity contribution in [3.05, 3.63) is 22.8 Å². The zero-order valence-corrected chi connectivity index (χ0v) is 13.3. The van der Waals surface area contributed by atoms with Gasteiger partial charge in [-0.2, -0.15) is 0 Å². The zero-order chi connectivity index (χ0) is 15.0. The molecule has 0 aliphatic heterocycles. The van der Waals surface area contributed by atoms with Crippen molar-refractivity contribution in [2.45, 2.75) is 52.0 Å². The van der Waals surface area contributed by atoms with Gasteiger partial charge in [0, 0.05) is 19.3 Å². The van der Waals surface area contributed by atoms with Crippen molar-refractivity contribution in [3.8, 4) is 0 Å². The average molecular weight is 298 g/mol. The lowest BCUT2D eigenvalue weighted by molar-refractivity contribution is 0.0932. The van der Waals surface area contributed by atoms with Crippen LogP contribution in [0.2, 0.25) is 5.02 Å². The molecule has 5 heteroatoms. The van der Waals surface area contributed by atoms with Crippen molar-refractivity contribution in [2.24, 2.45) is 0 Å². The van der Waals surface area contributed by atoms with Gasteiger partial charge in [-0.1, -0.05) is 44.7 Å². The number of hydrogen-bond acceptors (Lipinski definition) is 3. The summed E-state index contributed by atoms with van der Waals surface area (Å²) in [5.41, 5.74) is 0.506. The first-order valence-corrected chi connectivity index (χ1v) is 7.64. The van der Waals surface area contributed by atoms with Gasteiger partial charge in [-0.15, -0.1) is 0 Å². The van der Waals surface area contributed by atoms with Gasteiger partial charge >= 0.3 is 0 Å². The van der Waals surface area contributed by atoms with Crippen molar-refractivity contribution in [2.75, 3.05) is 12.4 Å². The molecule has 1 amide bonds. The lowest BCUT2D eigenvalue weighted by Crippen LogP contribution is -2.34. The zero-order valence-electron chi connectivity index (χ0n) is 12.5. The number of aromatic nitrogens is 1. The van der Waals surface area contributed by atoms with Crippen LogP contribution >= 0.6 is 11.6 Å². The van der Waals surface area contributed by atoms with Crippen molar-refractivity contribution in [1.82, 2.24) is 10.3 Å². The average Bonchev–Trinajstić information content (AvgIpc) is 2.44. The Balaban J connectivity index is 2.70. The van der Waals surface area contributed by atoms with Gasteiger partial charge in [0.1, 0.15) is 5.82 Å². The van der Waals surface area contributed by atoms with E-state index in [9.17, 15) is 4.79 Å². The van der Waals surface area contributed by atoms with Crippen LogP contribution in [0.25, 0.3) is 0 Å². The number of carbonyl (C=O) groups is 1. The van der Waals surface area contributed by atoms with Crippen LogP contribution in [-0.4, -0.2) is 24.0 Å². The second-order valence-corrected chi connectivity index (χ2v) is 5.31. The highest BCUT2D eigenvalue weighted by atomic mass is 35.5. The van der Waals surface area contributed by atoms with E-state index in [1.54, 1.807) is 19.3 Å². The number of rotatable bonds is 8. The molecule has 0 saturated carbocycles. The fraction of sp³-hybridized carbons (Fsp3) is 0.600. The van der Waals surface area contributed by atoms with E-state index < -0.39 is 0 Å². The van der Waals surface area contributed by atoms with Crippen LogP contribution in [0.5, 0.6) is 0 Å². The van der Waals surface area contributed by atoms with Crippen LogP contribution in [0.15, 0.2) is 12.3 Å². The normalized spacial score (nSPS) is 12.0. The number of carbonyl (C=O) groups excluding carboxylic acids is 1. The Morgan fingerprint density at radius 2 is 2.10 bits per heavy atom. The molecule has 0 bridgehead atoms. The fourth-order valence-corrected chi connectivity index (χ4v) is 2.36. The molecule has 1 aromatic rings. The first kappa shape index (κ1) is 16.8. The first-order valence-electron chi connectivity index (χ1n) is 7.26. The predicted octanol–water partition coefficient (Wildman–Crippen LogP) is 3.87. The van der Waals surface area contributed by atoms with E-state index in [1.807, 2.05) is 0 Å². The van der Waals surface area contributed by atoms with Gasteiger partial charge in [-0.3, -0.25) is 4.79 Å². The van der Waals surface area contributed by atoms with E-state index in [1.165, 1.54) is 0 Å². The molecule has 4 nitrogen and oxygen atoms in total. The van der Waals surface area contributed by atoms with Crippen LogP contribution < -0.4 is 10.6 Å². The number of hydrogen-bond donors (Lipinski definition) is 2. The maximum absolute atomic E-state index is 12.2. The molecule has 0 saturated heterocycles. The van der Waals surface area contributed by atoms with Crippen LogP contribution in [0.1, 0.15) is 56.3 Å². The number of pyridine rings is 1. The highest BCUT2D eigenvalue weighted by molar-refractivity contribution is 6.33. The van der Waals surface area contributed by atoms with E-state index in [0.29, 0.717) is 16.4 Å². The molecule has 0 aliphatic carbocycles. The minimum Gasteiger partial charge on any atom is -0.372 e. The first-order chi connectivity index (χ1) is 9.62. The Hall–Kier alpha value is -1.29. The lowest BCUT2D eigenvalue weighted by Gasteiger charge is -2.18. The molecule has 1 unspecified atom stereocenters. The molecule has 1 rings (SSSR count). The summed E-state index contributed by atoms with van der Waals surface area (Å²) >= 11 is 6.05. The summed E-state index contributed by atoms with van der Waals surface area (Å²) < 4.78 is 0. The smallest absolute Gasteiger partial charge is 0.253 e. The summed E-state index contributed by atoms with van der Waals surface area (Å²) in [6, 6.07) is 1.88. The largest absolute Gasteiger partial charge is 0.372 e. The topological polar surface area (TPSA) is 54.0 Å². The number of unbranched alkanes of at least 4 members (excludes halogenated alkanes) is 1. The molecular formula is C15H24ClN3O. The van der Waals surface area contributed by atoms with Gasteiger partial charge in [0.05, 0.1) is 10.6 Å². The molecule has 1 aromatic heterocycles. The molecule has 0 aliphatic rings. The monoisotopic (exact) mass is 297 g/mol. The van der Waals surface area contributed by atoms with Gasteiger partial charge in [0.2, 0.25) is 0 Å². The number of nitrogens with one attached hydrogen (secondary N) is 2. The van der Waals surface area contributed by atoms with Crippen LogP contribution in [0, 0.1) is 0 Å². The van der Waals surface area contributed by atoms with Gasteiger partial charge in [0.25, 0.3) is 5.91 Å². The number of anilines is 1. The quantitative estimate of drug-likeness (QED) is 0.766. The summed E-state index contributed by atoms with van der Waals surface area (Å²) in [7, 11) is 1.75. The second kappa shape index (κ2) is 8.80. The maximum Gasteiger partial charge on any atom is 0.253 e. The van der Waals surface area contributed by atoms with Crippen LogP contribution in [-0.2, 0) is 0 Å². The minimum atomic E-state index is -0.100. The number of nitrogens with zero attached hydrogens (tertiary/aromatic N) is 1. The summed E-state index contributed by atoms with van der Waals surface area (Å²) in [4.78, 5) is 16.3. The van der Waals surface area contributed by atoms with Crippen molar-refractivity contribution >= 4 is 23.3 Å². The second-order valence-electron chi connectivity index (χ2n) is 4.91.